The predicted molar refractivity (Wildman–Crippen MR) is 129 cm³/mol. The molecule has 2 N–H and O–H groups in total. The third-order valence-electron chi connectivity index (χ3n) is 6.16. The minimum Gasteiger partial charge on any atom is -0.481 e. The molecule has 2 unspecified atom stereocenters. The number of carboxylic acid groups (broad SMARTS) is 1. The van der Waals surface area contributed by atoms with E-state index in [1.54, 1.807) is 6.92 Å². The fourth-order valence-corrected chi connectivity index (χ4v) is 4.44. The molecule has 178 valence electrons. The van der Waals surface area contributed by atoms with Crippen LogP contribution in [0.3, 0.4) is 0 Å². The van der Waals surface area contributed by atoms with Crippen LogP contribution in [0.2, 0.25) is 0 Å². The van der Waals surface area contributed by atoms with Crippen molar-refractivity contribution in [1.29, 1.82) is 0 Å². The fraction of sp³-hybridized carbons (Fsp3) is 0.346. The molecule has 0 aliphatic carbocycles. The molecule has 2 aromatic carbocycles. The van der Waals surface area contributed by atoms with Crippen molar-refractivity contribution in [2.75, 3.05) is 16.8 Å². The van der Waals surface area contributed by atoms with Crippen molar-refractivity contribution in [3.05, 3.63) is 65.9 Å². The first-order valence-electron chi connectivity index (χ1n) is 11.5. The molecule has 0 spiro atoms. The Hall–Kier alpha value is -3.81. The number of amides is 1. The van der Waals surface area contributed by atoms with Gasteiger partial charge in [-0.05, 0) is 56.4 Å². The second-order valence-electron chi connectivity index (χ2n) is 8.54. The van der Waals surface area contributed by atoms with Crippen molar-refractivity contribution in [2.24, 2.45) is 0 Å². The maximum Gasteiger partial charge on any atom is 0.414 e. The van der Waals surface area contributed by atoms with Crippen LogP contribution < -0.4 is 10.2 Å². The summed E-state index contributed by atoms with van der Waals surface area (Å²) in [6.45, 7) is 4.45. The van der Waals surface area contributed by atoms with E-state index in [4.69, 9.17) is 9.26 Å². The van der Waals surface area contributed by atoms with Crippen LogP contribution in [0, 0.1) is 6.92 Å². The van der Waals surface area contributed by atoms with Crippen molar-refractivity contribution in [1.82, 2.24) is 5.16 Å². The molecule has 1 saturated heterocycles. The molecular formula is C26H29N3O5. The summed E-state index contributed by atoms with van der Waals surface area (Å²) in [7, 11) is 0. The summed E-state index contributed by atoms with van der Waals surface area (Å²) in [5, 5.41) is 16.0. The van der Waals surface area contributed by atoms with E-state index < -0.39 is 18.2 Å². The number of benzene rings is 2. The van der Waals surface area contributed by atoms with Gasteiger partial charge in [0.2, 0.25) is 5.88 Å². The third kappa shape index (κ3) is 5.39. The van der Waals surface area contributed by atoms with E-state index in [2.05, 4.69) is 15.4 Å². The van der Waals surface area contributed by atoms with Crippen LogP contribution in [-0.2, 0) is 9.53 Å². The highest BCUT2D eigenvalue weighted by Crippen LogP contribution is 2.34. The van der Waals surface area contributed by atoms with Gasteiger partial charge < -0.3 is 19.3 Å². The maximum absolute atomic E-state index is 12.5. The van der Waals surface area contributed by atoms with Crippen molar-refractivity contribution in [3.63, 3.8) is 0 Å². The topological polar surface area (TPSA) is 105 Å². The molecule has 34 heavy (non-hydrogen) atoms. The zero-order valence-corrected chi connectivity index (χ0v) is 19.4. The summed E-state index contributed by atoms with van der Waals surface area (Å²) in [5.41, 5.74) is 4.02. The van der Waals surface area contributed by atoms with Gasteiger partial charge in [0.15, 0.2) is 0 Å². The molecule has 1 aromatic heterocycles. The molecule has 1 aliphatic heterocycles. The van der Waals surface area contributed by atoms with E-state index in [0.29, 0.717) is 11.3 Å². The number of anilines is 2. The van der Waals surface area contributed by atoms with Crippen LogP contribution in [0.25, 0.3) is 11.1 Å². The zero-order valence-electron chi connectivity index (χ0n) is 19.4. The van der Waals surface area contributed by atoms with Crippen LogP contribution in [0.5, 0.6) is 0 Å². The number of ether oxygens (including phenoxy) is 1. The lowest BCUT2D eigenvalue weighted by Crippen LogP contribution is -2.40. The van der Waals surface area contributed by atoms with Gasteiger partial charge in [-0.15, -0.1) is 0 Å². The summed E-state index contributed by atoms with van der Waals surface area (Å²) >= 11 is 0. The summed E-state index contributed by atoms with van der Waals surface area (Å²) in [5.74, 6) is -0.560. The van der Waals surface area contributed by atoms with E-state index in [9.17, 15) is 14.7 Å². The normalized spacial score (nSPS) is 16.6. The highest BCUT2D eigenvalue weighted by molar-refractivity contribution is 5.90. The molecule has 8 nitrogen and oxygen atoms in total. The van der Waals surface area contributed by atoms with Gasteiger partial charge in [0.05, 0.1) is 17.7 Å². The zero-order chi connectivity index (χ0) is 24.1. The van der Waals surface area contributed by atoms with E-state index in [1.165, 1.54) is 0 Å². The number of nitrogens with one attached hydrogen (secondary N) is 1. The standard InChI is InChI=1S/C26H29N3O5/c1-17-24(25(34-28-17)27-26(32)33-18(2)19-8-4-3-5-9-19)20-11-13-21(14-12-20)29-15-7-6-10-22(29)16-23(30)31/h3-5,8-9,11-14,18,22H,6-7,10,15-16H2,1-2H3,(H,27,32)(H,30,31). The molecular weight excluding hydrogens is 434 g/mol. The predicted octanol–water partition coefficient (Wildman–Crippen LogP) is 5.79. The second kappa shape index (κ2) is 10.4. The summed E-state index contributed by atoms with van der Waals surface area (Å²) < 4.78 is 10.9. The Bertz CT molecular complexity index is 1130. The Labute approximate surface area is 198 Å². The Balaban J connectivity index is 1.48. The van der Waals surface area contributed by atoms with Crippen LogP contribution >= 0.6 is 0 Å². The molecule has 0 saturated carbocycles. The molecule has 2 atom stereocenters. The van der Waals surface area contributed by atoms with E-state index >= 15 is 0 Å². The number of hydrogen-bond acceptors (Lipinski definition) is 6. The lowest BCUT2D eigenvalue weighted by atomic mass is 9.97. The number of carbonyl (C=O) groups is 2. The quantitative estimate of drug-likeness (QED) is 0.457. The number of aliphatic carboxylic acids is 1. The average molecular weight is 464 g/mol. The Kier molecular flexibility index (Phi) is 7.15. The molecule has 0 bridgehead atoms. The van der Waals surface area contributed by atoms with Gasteiger partial charge >= 0.3 is 12.1 Å². The van der Waals surface area contributed by atoms with Crippen molar-refractivity contribution >= 4 is 23.6 Å². The first-order valence-corrected chi connectivity index (χ1v) is 11.5. The second-order valence-corrected chi connectivity index (χ2v) is 8.54. The number of piperidine rings is 1. The number of carbonyl (C=O) groups excluding carboxylic acids is 1. The first kappa shape index (κ1) is 23.4. The summed E-state index contributed by atoms with van der Waals surface area (Å²) in [6.07, 6.45) is 2.03. The monoisotopic (exact) mass is 463 g/mol. The van der Waals surface area contributed by atoms with Gasteiger partial charge in [-0.1, -0.05) is 47.6 Å². The fourth-order valence-electron chi connectivity index (χ4n) is 4.44. The largest absolute Gasteiger partial charge is 0.481 e. The molecule has 1 amide bonds. The van der Waals surface area contributed by atoms with Crippen molar-refractivity contribution in [3.8, 4) is 11.1 Å². The number of nitrogens with zero attached hydrogens (tertiary/aromatic N) is 2. The number of rotatable bonds is 7. The summed E-state index contributed by atoms with van der Waals surface area (Å²) in [4.78, 5) is 25.9. The van der Waals surface area contributed by atoms with Gasteiger partial charge in [-0.25, -0.2) is 4.79 Å². The molecule has 1 fully saturated rings. The highest BCUT2D eigenvalue weighted by Gasteiger charge is 2.25. The molecule has 0 radical (unpaired) electrons. The van der Waals surface area contributed by atoms with Crippen molar-refractivity contribution in [2.45, 2.75) is 51.7 Å². The minimum atomic E-state index is -0.780. The van der Waals surface area contributed by atoms with Crippen LogP contribution in [-0.4, -0.2) is 34.9 Å². The van der Waals surface area contributed by atoms with Crippen LogP contribution in [0.4, 0.5) is 16.4 Å². The Morgan fingerprint density at radius 3 is 2.62 bits per heavy atom. The average Bonchev–Trinajstić information content (AvgIpc) is 3.19. The third-order valence-corrected chi connectivity index (χ3v) is 6.16. The lowest BCUT2D eigenvalue weighted by molar-refractivity contribution is -0.137. The van der Waals surface area contributed by atoms with Gasteiger partial charge in [-0.2, -0.15) is 0 Å². The van der Waals surface area contributed by atoms with Crippen LogP contribution in [0.1, 0.15) is 50.0 Å². The van der Waals surface area contributed by atoms with Gasteiger partial charge in [0.25, 0.3) is 0 Å². The number of aryl methyl sites for hydroxylation is 1. The van der Waals surface area contributed by atoms with E-state index in [-0.39, 0.29) is 18.3 Å². The van der Waals surface area contributed by atoms with Gasteiger partial charge in [-0.3, -0.25) is 10.1 Å². The smallest absolute Gasteiger partial charge is 0.414 e. The molecule has 1 aliphatic rings. The van der Waals surface area contributed by atoms with E-state index in [1.807, 2.05) is 61.5 Å². The summed E-state index contributed by atoms with van der Waals surface area (Å²) in [6, 6.07) is 17.3. The highest BCUT2D eigenvalue weighted by atomic mass is 16.6. The first-order chi connectivity index (χ1) is 16.4. The maximum atomic E-state index is 12.5. The van der Waals surface area contributed by atoms with E-state index in [0.717, 1.165) is 42.6 Å². The number of aromatic nitrogens is 1. The minimum absolute atomic E-state index is 0.00645. The van der Waals surface area contributed by atoms with Crippen LogP contribution in [0.15, 0.2) is 59.1 Å². The number of carboxylic acids is 1. The van der Waals surface area contributed by atoms with Gasteiger partial charge in [0, 0.05) is 18.3 Å². The Morgan fingerprint density at radius 1 is 1.18 bits per heavy atom. The van der Waals surface area contributed by atoms with Gasteiger partial charge in [0.1, 0.15) is 6.10 Å². The SMILES string of the molecule is Cc1noc(NC(=O)OC(C)c2ccccc2)c1-c1ccc(N2CCCCC2CC(=O)O)cc1. The molecule has 3 aromatic rings. The molecule has 8 heteroatoms. The Morgan fingerprint density at radius 2 is 1.91 bits per heavy atom. The molecule has 2 heterocycles. The van der Waals surface area contributed by atoms with Crippen molar-refractivity contribution < 1.29 is 24.0 Å². The lowest BCUT2D eigenvalue weighted by Gasteiger charge is -2.37. The number of hydrogen-bond donors (Lipinski definition) is 2. The molecule has 4 rings (SSSR count).